The van der Waals surface area contributed by atoms with Crippen LogP contribution in [0.1, 0.15) is 27.9 Å². The summed E-state index contributed by atoms with van der Waals surface area (Å²) in [7, 11) is 0. The zero-order chi connectivity index (χ0) is 11.3. The van der Waals surface area contributed by atoms with Gasteiger partial charge in [0.05, 0.1) is 5.69 Å². The van der Waals surface area contributed by atoms with Gasteiger partial charge in [-0.05, 0) is 43.0 Å². The third-order valence-electron chi connectivity index (χ3n) is 3.76. The van der Waals surface area contributed by atoms with Gasteiger partial charge in [0, 0.05) is 17.7 Å². The number of rotatable bonds is 0. The molecule has 1 aliphatic carbocycles. The fourth-order valence-electron chi connectivity index (χ4n) is 2.53. The molecular weight excluding hydrogens is 194 g/mol. The fraction of sp³-hybridized carbons (Fsp3) is 0.267. The molecule has 0 aliphatic heterocycles. The van der Waals surface area contributed by atoms with Gasteiger partial charge < -0.3 is 0 Å². The summed E-state index contributed by atoms with van der Waals surface area (Å²) in [5.41, 5.74) is 9.28. The molecule has 0 N–H and O–H groups in total. The molecule has 1 nitrogen and oxygen atoms in total. The Morgan fingerprint density at radius 3 is 2.56 bits per heavy atom. The minimum absolute atomic E-state index is 1.05. The van der Waals surface area contributed by atoms with Crippen molar-refractivity contribution < 1.29 is 0 Å². The van der Waals surface area contributed by atoms with Gasteiger partial charge in [0.2, 0.25) is 0 Å². The monoisotopic (exact) mass is 209 g/mol. The van der Waals surface area contributed by atoms with E-state index in [9.17, 15) is 0 Å². The van der Waals surface area contributed by atoms with Crippen molar-refractivity contribution in [1.29, 1.82) is 0 Å². The van der Waals surface area contributed by atoms with Crippen LogP contribution in [0.25, 0.3) is 11.3 Å². The van der Waals surface area contributed by atoms with E-state index in [0.717, 1.165) is 12.1 Å². The maximum absolute atomic E-state index is 4.76. The molecule has 1 heterocycles. The topological polar surface area (TPSA) is 12.9 Å². The highest BCUT2D eigenvalue weighted by atomic mass is 14.7. The molecule has 0 radical (unpaired) electrons. The van der Waals surface area contributed by atoms with Gasteiger partial charge in [-0.25, -0.2) is 0 Å². The van der Waals surface area contributed by atoms with E-state index in [-0.39, 0.29) is 0 Å². The standard InChI is InChI=1S/C15H15N/c1-9-10(2)14-8-12-6-4-5-7-13(12)15(14)16-11(9)3/h4-7H,8H2,1-3H3. The molecule has 0 fully saturated rings. The Labute approximate surface area is 96.2 Å². The van der Waals surface area contributed by atoms with E-state index in [4.69, 9.17) is 4.98 Å². The highest BCUT2D eigenvalue weighted by molar-refractivity contribution is 5.75. The Kier molecular flexibility index (Phi) is 1.90. The number of benzene rings is 1. The highest BCUT2D eigenvalue weighted by Crippen LogP contribution is 2.37. The number of hydrogen-bond acceptors (Lipinski definition) is 1. The minimum Gasteiger partial charge on any atom is -0.253 e. The third-order valence-corrected chi connectivity index (χ3v) is 3.76. The van der Waals surface area contributed by atoms with Crippen LogP contribution in [0.2, 0.25) is 0 Å². The normalized spacial score (nSPS) is 12.4. The molecule has 1 heteroatoms. The molecule has 0 saturated carbocycles. The predicted molar refractivity (Wildman–Crippen MR) is 66.7 cm³/mol. The molecule has 0 amide bonds. The zero-order valence-electron chi connectivity index (χ0n) is 9.96. The van der Waals surface area contributed by atoms with Gasteiger partial charge in [0.25, 0.3) is 0 Å². The number of aromatic nitrogens is 1. The summed E-state index contributed by atoms with van der Waals surface area (Å²) in [5, 5.41) is 0. The molecule has 0 bridgehead atoms. The lowest BCUT2D eigenvalue weighted by Crippen LogP contribution is -1.97. The molecule has 0 unspecified atom stereocenters. The van der Waals surface area contributed by atoms with Crippen LogP contribution in [0, 0.1) is 20.8 Å². The Morgan fingerprint density at radius 2 is 1.75 bits per heavy atom. The van der Waals surface area contributed by atoms with Crippen LogP contribution in [0.5, 0.6) is 0 Å². The molecular formula is C15H15N. The second-order valence-electron chi connectivity index (χ2n) is 4.61. The lowest BCUT2D eigenvalue weighted by Gasteiger charge is -2.10. The third kappa shape index (κ3) is 1.15. The highest BCUT2D eigenvalue weighted by Gasteiger charge is 2.22. The van der Waals surface area contributed by atoms with Gasteiger partial charge in [0.1, 0.15) is 0 Å². The predicted octanol–water partition coefficient (Wildman–Crippen LogP) is 3.58. The van der Waals surface area contributed by atoms with Crippen molar-refractivity contribution >= 4 is 0 Å². The van der Waals surface area contributed by atoms with Crippen molar-refractivity contribution in [2.75, 3.05) is 0 Å². The van der Waals surface area contributed by atoms with Crippen LogP contribution in [-0.4, -0.2) is 4.98 Å². The summed E-state index contributed by atoms with van der Waals surface area (Å²) in [6.45, 7) is 6.49. The van der Waals surface area contributed by atoms with Gasteiger partial charge >= 0.3 is 0 Å². The van der Waals surface area contributed by atoms with Gasteiger partial charge in [-0.3, -0.25) is 4.98 Å². The average Bonchev–Trinajstić information content (AvgIpc) is 2.65. The Hall–Kier alpha value is -1.63. The van der Waals surface area contributed by atoms with Gasteiger partial charge in [-0.15, -0.1) is 0 Å². The van der Waals surface area contributed by atoms with Crippen LogP contribution in [0.4, 0.5) is 0 Å². The Bertz CT molecular complexity index is 582. The maximum atomic E-state index is 4.76. The van der Waals surface area contributed by atoms with E-state index in [1.54, 1.807) is 0 Å². The van der Waals surface area contributed by atoms with E-state index in [2.05, 4.69) is 45.0 Å². The van der Waals surface area contributed by atoms with Gasteiger partial charge in [-0.1, -0.05) is 24.3 Å². The smallest absolute Gasteiger partial charge is 0.0746 e. The van der Waals surface area contributed by atoms with Crippen LogP contribution in [0.15, 0.2) is 24.3 Å². The number of fused-ring (bicyclic) bond motifs is 3. The maximum Gasteiger partial charge on any atom is 0.0746 e. The quantitative estimate of drug-likeness (QED) is 0.551. The first-order chi connectivity index (χ1) is 7.68. The van der Waals surface area contributed by atoms with Gasteiger partial charge in [-0.2, -0.15) is 0 Å². The molecule has 1 aliphatic rings. The van der Waals surface area contributed by atoms with Crippen LogP contribution >= 0.6 is 0 Å². The summed E-state index contributed by atoms with van der Waals surface area (Å²) < 4.78 is 0. The number of aryl methyl sites for hydroxylation is 1. The lowest BCUT2D eigenvalue weighted by molar-refractivity contribution is 1.09. The molecule has 1 aromatic heterocycles. The number of hydrogen-bond donors (Lipinski definition) is 0. The second-order valence-corrected chi connectivity index (χ2v) is 4.61. The Balaban J connectivity index is 2.34. The van der Waals surface area contributed by atoms with Crippen LogP contribution in [0.3, 0.4) is 0 Å². The zero-order valence-corrected chi connectivity index (χ0v) is 9.96. The molecule has 2 aromatic rings. The van der Waals surface area contributed by atoms with Crippen LogP contribution in [-0.2, 0) is 6.42 Å². The summed E-state index contributed by atoms with van der Waals surface area (Å²) in [4.78, 5) is 4.76. The van der Waals surface area contributed by atoms with E-state index in [1.807, 2.05) is 0 Å². The molecule has 0 spiro atoms. The minimum atomic E-state index is 1.05. The van der Waals surface area contributed by atoms with E-state index in [1.165, 1.54) is 33.5 Å². The lowest BCUT2D eigenvalue weighted by atomic mass is 10.0. The van der Waals surface area contributed by atoms with E-state index < -0.39 is 0 Å². The van der Waals surface area contributed by atoms with Crippen molar-refractivity contribution in [3.05, 3.63) is 52.2 Å². The second kappa shape index (κ2) is 3.18. The molecule has 1 aromatic carbocycles. The molecule has 16 heavy (non-hydrogen) atoms. The first-order valence-electron chi connectivity index (χ1n) is 5.73. The van der Waals surface area contributed by atoms with Crippen molar-refractivity contribution in [2.24, 2.45) is 0 Å². The van der Waals surface area contributed by atoms with Crippen LogP contribution < -0.4 is 0 Å². The summed E-state index contributed by atoms with van der Waals surface area (Å²) >= 11 is 0. The van der Waals surface area contributed by atoms with E-state index >= 15 is 0 Å². The largest absolute Gasteiger partial charge is 0.253 e. The van der Waals surface area contributed by atoms with Gasteiger partial charge in [0.15, 0.2) is 0 Å². The first kappa shape index (κ1) is 9.59. The molecule has 3 rings (SSSR count). The summed E-state index contributed by atoms with van der Waals surface area (Å²) in [6.07, 6.45) is 1.05. The number of nitrogens with zero attached hydrogens (tertiary/aromatic N) is 1. The fourth-order valence-corrected chi connectivity index (χ4v) is 2.53. The summed E-state index contributed by atoms with van der Waals surface area (Å²) in [5.74, 6) is 0. The van der Waals surface area contributed by atoms with Crippen molar-refractivity contribution in [3.8, 4) is 11.3 Å². The molecule has 0 saturated heterocycles. The van der Waals surface area contributed by atoms with Crippen molar-refractivity contribution in [3.63, 3.8) is 0 Å². The molecule has 80 valence electrons. The van der Waals surface area contributed by atoms with Crippen molar-refractivity contribution in [2.45, 2.75) is 27.2 Å². The SMILES string of the molecule is Cc1nc2c(c(C)c1C)Cc1ccccc1-2. The number of pyridine rings is 1. The average molecular weight is 209 g/mol. The van der Waals surface area contributed by atoms with E-state index in [0.29, 0.717) is 0 Å². The first-order valence-corrected chi connectivity index (χ1v) is 5.73. The Morgan fingerprint density at radius 1 is 1.00 bits per heavy atom. The summed E-state index contributed by atoms with van der Waals surface area (Å²) in [6, 6.07) is 8.60. The molecule has 0 atom stereocenters. The van der Waals surface area contributed by atoms with Crippen molar-refractivity contribution in [1.82, 2.24) is 4.98 Å².